The van der Waals surface area contributed by atoms with E-state index in [9.17, 15) is 9.90 Å². The lowest BCUT2D eigenvalue weighted by Gasteiger charge is -1.98. The third kappa shape index (κ3) is 19.7. The molecular formula is C22H32O3. The first kappa shape index (κ1) is 22.7. The number of carboxylic acids is 1. The first-order valence-electron chi connectivity index (χ1n) is 9.13. The van der Waals surface area contributed by atoms with E-state index in [0.717, 1.165) is 12.5 Å². The van der Waals surface area contributed by atoms with Gasteiger partial charge in [0.1, 0.15) is 5.76 Å². The van der Waals surface area contributed by atoms with Gasteiger partial charge in [-0.05, 0) is 25.0 Å². The van der Waals surface area contributed by atoms with Crippen LogP contribution in [0.3, 0.4) is 0 Å². The summed E-state index contributed by atoms with van der Waals surface area (Å²) in [5.41, 5.74) is 0. The zero-order valence-corrected chi connectivity index (χ0v) is 15.3. The molecule has 0 radical (unpaired) electrons. The van der Waals surface area contributed by atoms with Gasteiger partial charge in [0, 0.05) is 6.08 Å². The Balaban J connectivity index is 3.80. The fraction of sp³-hybridized carbons (Fsp3) is 0.409. The van der Waals surface area contributed by atoms with Crippen LogP contribution in [0.2, 0.25) is 0 Å². The summed E-state index contributed by atoms with van der Waals surface area (Å²) < 4.78 is 0. The number of carboxylic acid groups (broad SMARTS) is 1. The van der Waals surface area contributed by atoms with Crippen molar-refractivity contribution in [3.8, 4) is 0 Å². The number of hydrogen-bond acceptors (Lipinski definition) is 2. The average molecular weight is 344 g/mol. The second kappa shape index (κ2) is 18.1. The standard InChI is InChI=1S/C22H32O3/c1-2-3-4-5-6-7-9-12-15-18-21(23)19-16-13-10-8-11-14-17-20-22(24)25/h8,10-11,13-20,23H,2-7,9,12H2,1H3,(H,24,25)/b10-8+,14-11+,16-13+,18-15?,20-17+,21-19-. The highest BCUT2D eigenvalue weighted by Crippen LogP contribution is 2.08. The molecule has 0 fully saturated rings. The van der Waals surface area contributed by atoms with Crippen molar-refractivity contribution in [2.45, 2.75) is 58.3 Å². The summed E-state index contributed by atoms with van der Waals surface area (Å²) in [6, 6.07) is 0. The van der Waals surface area contributed by atoms with Gasteiger partial charge in [0.05, 0.1) is 0 Å². The lowest BCUT2D eigenvalue weighted by Crippen LogP contribution is -1.84. The molecule has 0 aromatic carbocycles. The highest BCUT2D eigenvalue weighted by Gasteiger charge is 1.89. The van der Waals surface area contributed by atoms with Crippen LogP contribution in [-0.4, -0.2) is 16.2 Å². The maximum absolute atomic E-state index is 10.2. The Hall–Kier alpha value is -2.29. The molecule has 0 saturated heterocycles. The van der Waals surface area contributed by atoms with Gasteiger partial charge < -0.3 is 10.2 Å². The lowest BCUT2D eigenvalue weighted by molar-refractivity contribution is -0.131. The van der Waals surface area contributed by atoms with E-state index >= 15 is 0 Å². The topological polar surface area (TPSA) is 57.5 Å². The van der Waals surface area contributed by atoms with Gasteiger partial charge in [-0.2, -0.15) is 0 Å². The highest BCUT2D eigenvalue weighted by atomic mass is 16.4. The van der Waals surface area contributed by atoms with Crippen molar-refractivity contribution in [3.05, 3.63) is 72.6 Å². The number of aliphatic hydroxyl groups is 1. The molecular weight excluding hydrogens is 312 g/mol. The molecule has 0 aliphatic heterocycles. The molecule has 0 unspecified atom stereocenters. The summed E-state index contributed by atoms with van der Waals surface area (Å²) in [4.78, 5) is 10.2. The summed E-state index contributed by atoms with van der Waals surface area (Å²) >= 11 is 0. The molecule has 0 rings (SSSR count). The minimum atomic E-state index is -0.964. The van der Waals surface area contributed by atoms with Crippen LogP contribution in [0.5, 0.6) is 0 Å². The minimum Gasteiger partial charge on any atom is -0.508 e. The Morgan fingerprint density at radius 1 is 0.720 bits per heavy atom. The summed E-state index contributed by atoms with van der Waals surface area (Å²) in [5, 5.41) is 18.1. The molecule has 0 amide bonds. The zero-order valence-electron chi connectivity index (χ0n) is 15.3. The Morgan fingerprint density at radius 3 is 1.92 bits per heavy atom. The van der Waals surface area contributed by atoms with Crippen LogP contribution in [0.25, 0.3) is 0 Å². The Labute approximate surface area is 152 Å². The van der Waals surface area contributed by atoms with Gasteiger partial charge in [0.25, 0.3) is 0 Å². The van der Waals surface area contributed by atoms with E-state index in [1.54, 1.807) is 48.6 Å². The zero-order chi connectivity index (χ0) is 18.6. The van der Waals surface area contributed by atoms with Crippen LogP contribution < -0.4 is 0 Å². The van der Waals surface area contributed by atoms with Crippen LogP contribution in [0.15, 0.2) is 72.6 Å². The SMILES string of the molecule is CCCCCCCCCC=C/C(O)=C/C=C/C=C/C=C/C=C/C(=O)O. The van der Waals surface area contributed by atoms with E-state index in [2.05, 4.69) is 6.92 Å². The number of rotatable bonds is 14. The average Bonchev–Trinajstić information content (AvgIpc) is 2.58. The predicted octanol–water partition coefficient (Wildman–Crippen LogP) is 6.43. The fourth-order valence-electron chi connectivity index (χ4n) is 2.09. The Morgan fingerprint density at radius 2 is 1.28 bits per heavy atom. The Kier molecular flexibility index (Phi) is 16.4. The molecule has 0 aliphatic rings. The van der Waals surface area contributed by atoms with Gasteiger partial charge in [-0.15, -0.1) is 0 Å². The molecule has 0 saturated carbocycles. The molecule has 138 valence electrons. The number of hydrogen-bond donors (Lipinski definition) is 2. The smallest absolute Gasteiger partial charge is 0.328 e. The highest BCUT2D eigenvalue weighted by molar-refractivity contribution is 5.80. The third-order valence-corrected chi connectivity index (χ3v) is 3.44. The molecule has 0 bridgehead atoms. The molecule has 0 aromatic rings. The largest absolute Gasteiger partial charge is 0.508 e. The van der Waals surface area contributed by atoms with Crippen LogP contribution in [0.1, 0.15) is 58.3 Å². The van der Waals surface area contributed by atoms with Crippen molar-refractivity contribution in [1.29, 1.82) is 0 Å². The second-order valence-corrected chi connectivity index (χ2v) is 5.76. The van der Waals surface area contributed by atoms with Gasteiger partial charge >= 0.3 is 5.97 Å². The van der Waals surface area contributed by atoms with Gasteiger partial charge in [-0.1, -0.05) is 94.1 Å². The van der Waals surface area contributed by atoms with Crippen molar-refractivity contribution in [1.82, 2.24) is 0 Å². The lowest BCUT2D eigenvalue weighted by atomic mass is 10.1. The van der Waals surface area contributed by atoms with Crippen molar-refractivity contribution in [2.75, 3.05) is 0 Å². The van der Waals surface area contributed by atoms with Crippen molar-refractivity contribution in [3.63, 3.8) is 0 Å². The quantitative estimate of drug-likeness (QED) is 0.165. The van der Waals surface area contributed by atoms with Gasteiger partial charge in [-0.25, -0.2) is 4.79 Å². The maximum atomic E-state index is 10.2. The van der Waals surface area contributed by atoms with E-state index in [0.29, 0.717) is 0 Å². The predicted molar refractivity (Wildman–Crippen MR) is 107 cm³/mol. The number of allylic oxidation sites excluding steroid dienone is 10. The van der Waals surface area contributed by atoms with Gasteiger partial charge in [0.15, 0.2) is 0 Å². The van der Waals surface area contributed by atoms with Crippen LogP contribution in [0.4, 0.5) is 0 Å². The van der Waals surface area contributed by atoms with E-state index in [-0.39, 0.29) is 5.76 Å². The summed E-state index contributed by atoms with van der Waals surface area (Å²) in [5.74, 6) is -0.721. The minimum absolute atomic E-state index is 0.243. The van der Waals surface area contributed by atoms with Crippen LogP contribution >= 0.6 is 0 Å². The van der Waals surface area contributed by atoms with Gasteiger partial charge in [0.2, 0.25) is 0 Å². The summed E-state index contributed by atoms with van der Waals surface area (Å²) in [6.45, 7) is 2.23. The molecule has 0 aromatic heterocycles. The van der Waals surface area contributed by atoms with Crippen molar-refractivity contribution in [2.24, 2.45) is 0 Å². The second-order valence-electron chi connectivity index (χ2n) is 5.76. The first-order chi connectivity index (χ1) is 12.2. The molecule has 0 atom stereocenters. The normalized spacial score (nSPS) is 13.4. The molecule has 2 N–H and O–H groups in total. The summed E-state index contributed by atoms with van der Waals surface area (Å²) in [6.07, 6.45) is 28.5. The monoisotopic (exact) mass is 344 g/mol. The summed E-state index contributed by atoms with van der Waals surface area (Å²) in [7, 11) is 0. The molecule has 0 spiro atoms. The van der Waals surface area contributed by atoms with Gasteiger partial charge in [-0.3, -0.25) is 0 Å². The van der Waals surface area contributed by atoms with Crippen molar-refractivity contribution >= 4 is 5.97 Å². The van der Waals surface area contributed by atoms with E-state index in [4.69, 9.17) is 5.11 Å². The van der Waals surface area contributed by atoms with Crippen LogP contribution in [0, 0.1) is 0 Å². The molecule has 25 heavy (non-hydrogen) atoms. The molecule has 0 heterocycles. The molecule has 3 heteroatoms. The number of aliphatic hydroxyl groups excluding tert-OH is 1. The van der Waals surface area contributed by atoms with Crippen molar-refractivity contribution < 1.29 is 15.0 Å². The van der Waals surface area contributed by atoms with E-state index in [1.165, 1.54) is 51.0 Å². The van der Waals surface area contributed by atoms with E-state index < -0.39 is 5.97 Å². The molecule has 0 aliphatic carbocycles. The third-order valence-electron chi connectivity index (χ3n) is 3.44. The Bertz CT molecular complexity index is 505. The number of unbranched alkanes of at least 4 members (excludes halogenated alkanes) is 7. The van der Waals surface area contributed by atoms with E-state index in [1.807, 2.05) is 6.08 Å². The fourth-order valence-corrected chi connectivity index (χ4v) is 2.09. The first-order valence-corrected chi connectivity index (χ1v) is 9.13. The number of carbonyl (C=O) groups is 1. The van der Waals surface area contributed by atoms with Crippen LogP contribution in [-0.2, 0) is 4.79 Å². The molecule has 3 nitrogen and oxygen atoms in total. The number of aliphatic carboxylic acids is 1. The maximum Gasteiger partial charge on any atom is 0.328 e.